The summed E-state index contributed by atoms with van der Waals surface area (Å²) in [6.07, 6.45) is 1.73. The second-order valence-electron chi connectivity index (χ2n) is 5.54. The maximum absolute atomic E-state index is 14.3. The van der Waals surface area contributed by atoms with Gasteiger partial charge in [-0.05, 0) is 42.6 Å². The summed E-state index contributed by atoms with van der Waals surface area (Å²) >= 11 is 0. The van der Waals surface area contributed by atoms with Crippen molar-refractivity contribution < 1.29 is 9.13 Å². The minimum atomic E-state index is -0.243. The van der Waals surface area contributed by atoms with Crippen LogP contribution in [0.5, 0.6) is 5.75 Å². The van der Waals surface area contributed by atoms with Crippen molar-refractivity contribution in [2.45, 2.75) is 24.8 Å². The highest BCUT2D eigenvalue weighted by atomic mass is 19.1. The van der Waals surface area contributed by atoms with Crippen molar-refractivity contribution in [1.29, 1.82) is 0 Å². The standard InChI is InChI=1S/C18H20FNO/c1-20-16(15-10-12-6-3-4-8-14(12)15)11-13-7-5-9-17(21-2)18(13)19/h3-9,15-16,20H,10-11H2,1-2H3. The minimum absolute atomic E-state index is 0.238. The highest BCUT2D eigenvalue weighted by molar-refractivity contribution is 5.42. The Morgan fingerprint density at radius 2 is 2.05 bits per heavy atom. The average molecular weight is 285 g/mol. The molecule has 0 saturated heterocycles. The molecule has 0 bridgehead atoms. The zero-order chi connectivity index (χ0) is 14.8. The smallest absolute Gasteiger partial charge is 0.168 e. The molecule has 0 fully saturated rings. The Labute approximate surface area is 125 Å². The molecule has 2 nitrogen and oxygen atoms in total. The van der Waals surface area contributed by atoms with Gasteiger partial charge in [0.25, 0.3) is 0 Å². The SMILES string of the molecule is CNC(Cc1cccc(OC)c1F)C1Cc2ccccc21. The second-order valence-corrected chi connectivity index (χ2v) is 5.54. The molecule has 2 aromatic rings. The van der Waals surface area contributed by atoms with E-state index in [4.69, 9.17) is 4.74 Å². The van der Waals surface area contributed by atoms with E-state index in [2.05, 4.69) is 29.6 Å². The van der Waals surface area contributed by atoms with Gasteiger partial charge in [-0.2, -0.15) is 0 Å². The molecule has 3 rings (SSSR count). The van der Waals surface area contributed by atoms with Gasteiger partial charge in [0.1, 0.15) is 0 Å². The average Bonchev–Trinajstić information content (AvgIpc) is 2.49. The normalized spacial score (nSPS) is 17.8. The summed E-state index contributed by atoms with van der Waals surface area (Å²) in [7, 11) is 3.45. The third-order valence-corrected chi connectivity index (χ3v) is 4.45. The van der Waals surface area contributed by atoms with Crippen LogP contribution in [0.15, 0.2) is 42.5 Å². The van der Waals surface area contributed by atoms with Crippen LogP contribution in [0.4, 0.5) is 4.39 Å². The van der Waals surface area contributed by atoms with Crippen molar-refractivity contribution in [1.82, 2.24) is 5.32 Å². The Morgan fingerprint density at radius 3 is 2.76 bits per heavy atom. The van der Waals surface area contributed by atoms with E-state index >= 15 is 0 Å². The summed E-state index contributed by atoms with van der Waals surface area (Å²) < 4.78 is 19.4. The number of hydrogen-bond acceptors (Lipinski definition) is 2. The highest BCUT2D eigenvalue weighted by Gasteiger charge is 2.32. The van der Waals surface area contributed by atoms with Crippen LogP contribution in [-0.4, -0.2) is 20.2 Å². The van der Waals surface area contributed by atoms with E-state index in [1.165, 1.54) is 18.2 Å². The number of benzene rings is 2. The van der Waals surface area contributed by atoms with E-state index in [1.807, 2.05) is 19.2 Å². The molecule has 1 aliphatic rings. The molecule has 0 radical (unpaired) electrons. The first kappa shape index (κ1) is 14.1. The molecular weight excluding hydrogens is 265 g/mol. The van der Waals surface area contributed by atoms with Gasteiger partial charge in [0.2, 0.25) is 0 Å². The molecule has 0 amide bonds. The Bertz CT molecular complexity index is 641. The first-order valence-electron chi connectivity index (χ1n) is 7.31. The van der Waals surface area contributed by atoms with Gasteiger partial charge < -0.3 is 10.1 Å². The lowest BCUT2D eigenvalue weighted by Gasteiger charge is -2.36. The van der Waals surface area contributed by atoms with E-state index in [1.54, 1.807) is 6.07 Å². The summed E-state index contributed by atoms with van der Waals surface area (Å²) in [5.41, 5.74) is 3.51. The van der Waals surface area contributed by atoms with Crippen molar-refractivity contribution in [2.24, 2.45) is 0 Å². The summed E-state index contributed by atoms with van der Waals surface area (Å²) in [6, 6.07) is 14.1. The maximum Gasteiger partial charge on any atom is 0.168 e. The number of hydrogen-bond donors (Lipinski definition) is 1. The van der Waals surface area contributed by atoms with Crippen LogP contribution in [-0.2, 0) is 12.8 Å². The third-order valence-electron chi connectivity index (χ3n) is 4.45. The molecule has 1 N–H and O–H groups in total. The van der Waals surface area contributed by atoms with E-state index < -0.39 is 0 Å². The van der Waals surface area contributed by atoms with Crippen molar-refractivity contribution in [3.05, 3.63) is 65.0 Å². The highest BCUT2D eigenvalue weighted by Crippen LogP contribution is 2.38. The molecule has 0 aromatic heterocycles. The topological polar surface area (TPSA) is 21.3 Å². The van der Waals surface area contributed by atoms with Crippen LogP contribution in [0.3, 0.4) is 0 Å². The van der Waals surface area contributed by atoms with Crippen LogP contribution in [0, 0.1) is 5.82 Å². The number of methoxy groups -OCH3 is 1. The minimum Gasteiger partial charge on any atom is -0.494 e. The summed E-state index contributed by atoms with van der Waals surface area (Å²) in [6.45, 7) is 0. The lowest BCUT2D eigenvalue weighted by atomic mass is 9.72. The largest absolute Gasteiger partial charge is 0.494 e. The van der Waals surface area contributed by atoms with Gasteiger partial charge >= 0.3 is 0 Å². The molecule has 3 heteroatoms. The molecule has 0 spiro atoms. The van der Waals surface area contributed by atoms with Gasteiger partial charge in [-0.3, -0.25) is 0 Å². The van der Waals surface area contributed by atoms with Crippen LogP contribution in [0.2, 0.25) is 0 Å². The third kappa shape index (κ3) is 2.54. The monoisotopic (exact) mass is 285 g/mol. The van der Waals surface area contributed by atoms with E-state index in [-0.39, 0.29) is 11.9 Å². The number of halogens is 1. The van der Waals surface area contributed by atoms with Crippen molar-refractivity contribution in [3.8, 4) is 5.75 Å². The number of ether oxygens (including phenoxy) is 1. The van der Waals surface area contributed by atoms with Gasteiger partial charge in [0.15, 0.2) is 11.6 Å². The summed E-state index contributed by atoms with van der Waals surface area (Å²) in [5.74, 6) is 0.529. The van der Waals surface area contributed by atoms with Gasteiger partial charge in [0, 0.05) is 12.0 Å². The van der Waals surface area contributed by atoms with E-state index in [0.29, 0.717) is 23.7 Å². The number of fused-ring (bicyclic) bond motifs is 1. The summed E-state index contributed by atoms with van der Waals surface area (Å²) in [5, 5.41) is 3.35. The Balaban J connectivity index is 1.81. The zero-order valence-electron chi connectivity index (χ0n) is 12.4. The molecule has 110 valence electrons. The van der Waals surface area contributed by atoms with E-state index in [0.717, 1.165) is 6.42 Å². The fraction of sp³-hybridized carbons (Fsp3) is 0.333. The van der Waals surface area contributed by atoms with Crippen LogP contribution < -0.4 is 10.1 Å². The van der Waals surface area contributed by atoms with Crippen LogP contribution in [0.1, 0.15) is 22.6 Å². The fourth-order valence-corrected chi connectivity index (χ4v) is 3.21. The quantitative estimate of drug-likeness (QED) is 0.910. The first-order chi connectivity index (χ1) is 10.2. The molecule has 21 heavy (non-hydrogen) atoms. The molecule has 2 atom stereocenters. The van der Waals surface area contributed by atoms with Crippen molar-refractivity contribution >= 4 is 0 Å². The fourth-order valence-electron chi connectivity index (χ4n) is 3.21. The lowest BCUT2D eigenvalue weighted by molar-refractivity contribution is 0.377. The van der Waals surface area contributed by atoms with Crippen molar-refractivity contribution in [3.63, 3.8) is 0 Å². The van der Waals surface area contributed by atoms with Gasteiger partial charge in [-0.1, -0.05) is 36.4 Å². The van der Waals surface area contributed by atoms with Crippen LogP contribution in [0.25, 0.3) is 0 Å². The number of nitrogens with one attached hydrogen (secondary N) is 1. The molecule has 0 heterocycles. The number of rotatable bonds is 5. The van der Waals surface area contributed by atoms with Crippen molar-refractivity contribution in [2.75, 3.05) is 14.2 Å². The molecule has 0 aliphatic heterocycles. The predicted molar refractivity (Wildman–Crippen MR) is 82.4 cm³/mol. The first-order valence-corrected chi connectivity index (χ1v) is 7.31. The Morgan fingerprint density at radius 1 is 1.24 bits per heavy atom. The van der Waals surface area contributed by atoms with Gasteiger partial charge in [-0.25, -0.2) is 4.39 Å². The lowest BCUT2D eigenvalue weighted by Crippen LogP contribution is -2.39. The second kappa shape index (κ2) is 5.86. The zero-order valence-corrected chi connectivity index (χ0v) is 12.4. The van der Waals surface area contributed by atoms with Gasteiger partial charge in [-0.15, -0.1) is 0 Å². The Hall–Kier alpha value is -1.87. The van der Waals surface area contributed by atoms with E-state index in [9.17, 15) is 4.39 Å². The predicted octanol–water partition coefficient (Wildman–Crippen LogP) is 3.30. The molecule has 0 saturated carbocycles. The molecule has 2 unspecified atom stereocenters. The van der Waals surface area contributed by atoms with Gasteiger partial charge in [0.05, 0.1) is 7.11 Å². The molecule has 1 aliphatic carbocycles. The summed E-state index contributed by atoms with van der Waals surface area (Å²) in [4.78, 5) is 0. The Kier molecular flexibility index (Phi) is 3.93. The van der Waals surface area contributed by atoms with Crippen LogP contribution >= 0.6 is 0 Å². The molecule has 2 aromatic carbocycles. The molecular formula is C18H20FNO. The number of likely N-dealkylation sites (N-methyl/N-ethyl adjacent to an activating group) is 1. The maximum atomic E-state index is 14.3.